The first-order chi connectivity index (χ1) is 6.92. The molecule has 1 aromatic carbocycles. The summed E-state index contributed by atoms with van der Waals surface area (Å²) in [5.41, 5.74) is 1.07. The Morgan fingerprint density at radius 2 is 2.00 bits per heavy atom. The summed E-state index contributed by atoms with van der Waals surface area (Å²) in [4.78, 5) is 0. The van der Waals surface area contributed by atoms with Gasteiger partial charge in [0.2, 0.25) is 0 Å². The molecule has 1 nitrogen and oxygen atoms in total. The van der Waals surface area contributed by atoms with E-state index in [1.165, 1.54) is 6.07 Å². The second-order valence-electron chi connectivity index (χ2n) is 3.24. The first-order valence-corrected chi connectivity index (χ1v) is 4.63. The smallest absolute Gasteiger partial charge is 0.405 e. The van der Waals surface area contributed by atoms with E-state index in [0.29, 0.717) is 17.5 Å². The van der Waals surface area contributed by atoms with E-state index in [1.54, 1.807) is 12.1 Å². The summed E-state index contributed by atoms with van der Waals surface area (Å²) in [6.07, 6.45) is -3.31. The van der Waals surface area contributed by atoms with Crippen LogP contribution < -0.4 is 4.74 Å². The molecule has 1 rings (SSSR count). The van der Waals surface area contributed by atoms with Crippen LogP contribution in [0.1, 0.15) is 24.5 Å². The van der Waals surface area contributed by atoms with Gasteiger partial charge >= 0.3 is 6.36 Å². The molecule has 0 spiro atoms. The third-order valence-corrected chi connectivity index (χ3v) is 1.88. The molecule has 0 aromatic heterocycles. The lowest BCUT2D eigenvalue weighted by Crippen LogP contribution is -2.18. The van der Waals surface area contributed by atoms with Gasteiger partial charge in [-0.25, -0.2) is 0 Å². The van der Waals surface area contributed by atoms with Crippen LogP contribution in [0.5, 0.6) is 5.75 Å². The minimum absolute atomic E-state index is 0.142. The lowest BCUT2D eigenvalue weighted by atomic mass is 10.1. The van der Waals surface area contributed by atoms with E-state index in [0.717, 1.165) is 6.42 Å². The van der Waals surface area contributed by atoms with E-state index in [1.807, 2.05) is 6.92 Å². The molecule has 0 aliphatic heterocycles. The second-order valence-corrected chi connectivity index (χ2v) is 3.24. The fraction of sp³-hybridized carbons (Fsp3) is 0.364. The molecule has 0 fully saturated rings. The summed E-state index contributed by atoms with van der Waals surface area (Å²) >= 11 is 0. The highest BCUT2D eigenvalue weighted by molar-refractivity contribution is 5.38. The van der Waals surface area contributed by atoms with Gasteiger partial charge in [-0.3, -0.25) is 0 Å². The SMILES string of the molecule is [CH2]c1ccc(CCC)c(OC(F)(F)F)c1. The van der Waals surface area contributed by atoms with E-state index in [9.17, 15) is 13.2 Å². The Hall–Kier alpha value is -1.19. The molecule has 0 heterocycles. The van der Waals surface area contributed by atoms with Crippen molar-refractivity contribution < 1.29 is 17.9 Å². The monoisotopic (exact) mass is 217 g/mol. The normalized spacial score (nSPS) is 11.5. The van der Waals surface area contributed by atoms with Crippen molar-refractivity contribution in [1.82, 2.24) is 0 Å². The molecule has 0 saturated carbocycles. The first kappa shape index (κ1) is 11.9. The third-order valence-electron chi connectivity index (χ3n) is 1.88. The largest absolute Gasteiger partial charge is 0.573 e. The zero-order valence-electron chi connectivity index (χ0n) is 8.40. The van der Waals surface area contributed by atoms with Crippen LogP contribution in [0.15, 0.2) is 18.2 Å². The van der Waals surface area contributed by atoms with Crippen molar-refractivity contribution in [2.75, 3.05) is 0 Å². The van der Waals surface area contributed by atoms with Gasteiger partial charge in [0.05, 0.1) is 0 Å². The minimum atomic E-state index is -4.64. The minimum Gasteiger partial charge on any atom is -0.405 e. The molecular weight excluding hydrogens is 205 g/mol. The molecule has 0 aliphatic carbocycles. The van der Waals surface area contributed by atoms with Crippen molar-refractivity contribution >= 4 is 0 Å². The first-order valence-electron chi connectivity index (χ1n) is 4.63. The maximum atomic E-state index is 12.1. The second kappa shape index (κ2) is 4.55. The van der Waals surface area contributed by atoms with Crippen LogP contribution in [0.2, 0.25) is 0 Å². The average Bonchev–Trinajstić information content (AvgIpc) is 2.07. The highest BCUT2D eigenvalue weighted by atomic mass is 19.4. The van der Waals surface area contributed by atoms with Crippen LogP contribution in [0.3, 0.4) is 0 Å². The lowest BCUT2D eigenvalue weighted by molar-refractivity contribution is -0.274. The molecule has 0 aliphatic rings. The van der Waals surface area contributed by atoms with E-state index in [-0.39, 0.29) is 5.75 Å². The van der Waals surface area contributed by atoms with Crippen molar-refractivity contribution in [3.8, 4) is 5.75 Å². The fourth-order valence-electron chi connectivity index (χ4n) is 1.29. The Bertz CT molecular complexity index is 331. The van der Waals surface area contributed by atoms with Gasteiger partial charge in [0.1, 0.15) is 5.75 Å². The number of rotatable bonds is 3. The van der Waals surface area contributed by atoms with Crippen LogP contribution in [-0.4, -0.2) is 6.36 Å². The Labute approximate surface area is 86.9 Å². The van der Waals surface area contributed by atoms with Crippen molar-refractivity contribution in [2.45, 2.75) is 26.1 Å². The van der Waals surface area contributed by atoms with Crippen molar-refractivity contribution in [1.29, 1.82) is 0 Å². The lowest BCUT2D eigenvalue weighted by Gasteiger charge is -2.13. The molecule has 0 N–H and O–H groups in total. The Morgan fingerprint density at radius 3 is 2.53 bits per heavy atom. The van der Waals surface area contributed by atoms with Gasteiger partial charge in [0.25, 0.3) is 0 Å². The molecule has 0 amide bonds. The van der Waals surface area contributed by atoms with Crippen molar-refractivity contribution in [3.05, 3.63) is 36.2 Å². The van der Waals surface area contributed by atoms with Crippen molar-refractivity contribution in [2.24, 2.45) is 0 Å². The molecule has 15 heavy (non-hydrogen) atoms. The molecule has 0 saturated heterocycles. The van der Waals surface area contributed by atoms with E-state index in [4.69, 9.17) is 0 Å². The average molecular weight is 217 g/mol. The Kier molecular flexibility index (Phi) is 3.61. The van der Waals surface area contributed by atoms with Crippen LogP contribution >= 0.6 is 0 Å². The van der Waals surface area contributed by atoms with Gasteiger partial charge in [-0.05, 0) is 30.5 Å². The van der Waals surface area contributed by atoms with Gasteiger partial charge in [0.15, 0.2) is 0 Å². The Morgan fingerprint density at radius 1 is 1.33 bits per heavy atom. The predicted molar refractivity (Wildman–Crippen MR) is 51.6 cm³/mol. The fourth-order valence-corrected chi connectivity index (χ4v) is 1.29. The molecule has 4 heteroatoms. The predicted octanol–water partition coefficient (Wildman–Crippen LogP) is 3.72. The molecule has 83 valence electrons. The number of hydrogen-bond donors (Lipinski definition) is 0. The highest BCUT2D eigenvalue weighted by Crippen LogP contribution is 2.28. The third kappa shape index (κ3) is 3.81. The number of hydrogen-bond acceptors (Lipinski definition) is 1. The van der Waals surface area contributed by atoms with E-state index >= 15 is 0 Å². The standard InChI is InChI=1S/C11H12F3O/c1-3-4-9-6-5-8(2)7-10(9)15-11(12,13)14/h5-7H,2-4H2,1H3. The number of aryl methyl sites for hydroxylation is 1. The number of ether oxygens (including phenoxy) is 1. The van der Waals surface area contributed by atoms with E-state index < -0.39 is 6.36 Å². The van der Waals surface area contributed by atoms with E-state index in [2.05, 4.69) is 11.7 Å². The quantitative estimate of drug-likeness (QED) is 0.749. The maximum Gasteiger partial charge on any atom is 0.573 e. The summed E-state index contributed by atoms with van der Waals surface area (Å²) < 4.78 is 40.1. The number of alkyl halides is 3. The topological polar surface area (TPSA) is 9.23 Å². The highest BCUT2D eigenvalue weighted by Gasteiger charge is 2.31. The zero-order chi connectivity index (χ0) is 11.5. The van der Waals surface area contributed by atoms with Gasteiger partial charge < -0.3 is 4.74 Å². The summed E-state index contributed by atoms with van der Waals surface area (Å²) in [6.45, 7) is 5.46. The van der Waals surface area contributed by atoms with Crippen LogP contribution in [0.25, 0.3) is 0 Å². The van der Waals surface area contributed by atoms with Gasteiger partial charge in [-0.2, -0.15) is 0 Å². The summed E-state index contributed by atoms with van der Waals surface area (Å²) in [5, 5.41) is 0. The number of benzene rings is 1. The number of halogens is 3. The molecule has 1 aromatic rings. The summed E-state index contributed by atoms with van der Waals surface area (Å²) in [6, 6.07) is 4.60. The van der Waals surface area contributed by atoms with Gasteiger partial charge in [-0.1, -0.05) is 25.5 Å². The molecule has 0 bridgehead atoms. The van der Waals surface area contributed by atoms with Gasteiger partial charge in [-0.15, -0.1) is 13.2 Å². The maximum absolute atomic E-state index is 12.1. The molecular formula is C11H12F3O. The van der Waals surface area contributed by atoms with Crippen molar-refractivity contribution in [3.63, 3.8) is 0 Å². The molecule has 0 unspecified atom stereocenters. The van der Waals surface area contributed by atoms with Crippen LogP contribution in [0, 0.1) is 6.92 Å². The molecule has 1 radical (unpaired) electrons. The van der Waals surface area contributed by atoms with Gasteiger partial charge in [0, 0.05) is 0 Å². The van der Waals surface area contributed by atoms with Crippen LogP contribution in [0.4, 0.5) is 13.2 Å². The molecule has 0 atom stereocenters. The van der Waals surface area contributed by atoms with Crippen LogP contribution in [-0.2, 0) is 6.42 Å². The summed E-state index contributed by atoms with van der Waals surface area (Å²) in [5.74, 6) is -0.142. The Balaban J connectivity index is 2.96. The summed E-state index contributed by atoms with van der Waals surface area (Å²) in [7, 11) is 0. The zero-order valence-corrected chi connectivity index (χ0v) is 8.40.